The molecule has 0 aromatic rings. The highest BCUT2D eigenvalue weighted by Gasteiger charge is 2.36. The number of hydrogen-bond acceptors (Lipinski definition) is 3. The number of hydrogen-bond donors (Lipinski definition) is 0. The minimum Gasteiger partial charge on any atom is -0.482 e. The van der Waals surface area contributed by atoms with Gasteiger partial charge in [0.1, 0.15) is 6.61 Å². The van der Waals surface area contributed by atoms with Crippen molar-refractivity contribution in [1.82, 2.24) is 0 Å². The van der Waals surface area contributed by atoms with Crippen molar-refractivity contribution < 1.29 is 14.3 Å². The predicted molar refractivity (Wildman–Crippen MR) is 76.7 cm³/mol. The number of allylic oxidation sites excluding steroid dienone is 2. The van der Waals surface area contributed by atoms with Gasteiger partial charge in [-0.25, -0.2) is 4.79 Å². The molecule has 3 nitrogen and oxygen atoms in total. The van der Waals surface area contributed by atoms with Crippen molar-refractivity contribution in [3.05, 3.63) is 23.6 Å². The Kier molecular flexibility index (Phi) is 5.18. The average Bonchev–Trinajstić information content (AvgIpc) is 2.24. The fourth-order valence-electron chi connectivity index (χ4n) is 1.48. The van der Waals surface area contributed by atoms with Gasteiger partial charge in [-0.15, -0.1) is 0 Å². The Labute approximate surface area is 123 Å². The van der Waals surface area contributed by atoms with Crippen molar-refractivity contribution in [2.75, 3.05) is 6.61 Å². The van der Waals surface area contributed by atoms with E-state index in [4.69, 9.17) is 44.3 Å². The molecule has 0 aromatic heterocycles. The molecule has 7 heteroatoms. The molecule has 1 atom stereocenters. The molecule has 0 N–H and O–H groups in total. The van der Waals surface area contributed by atoms with E-state index in [1.807, 2.05) is 6.08 Å². The first-order valence-corrected chi connectivity index (χ1v) is 10.0. The van der Waals surface area contributed by atoms with Gasteiger partial charge in [-0.2, -0.15) is 0 Å². The van der Waals surface area contributed by atoms with E-state index in [2.05, 4.69) is 19.6 Å². The van der Waals surface area contributed by atoms with Gasteiger partial charge in [0.25, 0.3) is 0 Å². The smallest absolute Gasteiger partial charge is 0.351 e. The van der Waals surface area contributed by atoms with Crippen LogP contribution >= 0.6 is 34.8 Å². The van der Waals surface area contributed by atoms with Crippen molar-refractivity contribution in [3.63, 3.8) is 0 Å². The summed E-state index contributed by atoms with van der Waals surface area (Å²) in [5.41, 5.74) is 0. The topological polar surface area (TPSA) is 35.5 Å². The van der Waals surface area contributed by atoms with Crippen LogP contribution in [0.15, 0.2) is 23.6 Å². The van der Waals surface area contributed by atoms with E-state index in [9.17, 15) is 4.79 Å². The van der Waals surface area contributed by atoms with Crippen LogP contribution in [-0.4, -0.2) is 30.5 Å². The zero-order valence-corrected chi connectivity index (χ0v) is 13.6. The lowest BCUT2D eigenvalue weighted by molar-refractivity contribution is -0.151. The third kappa shape index (κ3) is 4.84. The van der Waals surface area contributed by atoms with E-state index >= 15 is 0 Å². The molecule has 0 fully saturated rings. The third-order valence-corrected chi connectivity index (χ3v) is 4.80. The van der Waals surface area contributed by atoms with Crippen LogP contribution in [0, 0.1) is 0 Å². The first-order valence-electron chi connectivity index (χ1n) is 5.37. The van der Waals surface area contributed by atoms with Crippen LogP contribution in [0.3, 0.4) is 0 Å². The summed E-state index contributed by atoms with van der Waals surface area (Å²) in [5, 5.41) is 0.958. The number of halogens is 3. The number of carbonyl (C=O) groups excluding carboxylic acids is 1. The van der Waals surface area contributed by atoms with Gasteiger partial charge in [0.15, 0.2) is 0 Å². The van der Waals surface area contributed by atoms with Crippen LogP contribution in [0.25, 0.3) is 0 Å². The first-order chi connectivity index (χ1) is 8.11. The summed E-state index contributed by atoms with van der Waals surface area (Å²) in [6, 6.07) is 0. The standard InChI is InChI=1S/C11H15Cl3O3Si/c1-18(2,3)8-5-4-6-16-9(8)10(15)17-7-11(12,13)14/h4-6,9H,7H2,1-3H3/t9-/m0/s1. The molecule has 1 aliphatic heterocycles. The maximum atomic E-state index is 11.9. The van der Waals surface area contributed by atoms with E-state index in [0.29, 0.717) is 0 Å². The lowest BCUT2D eigenvalue weighted by atomic mass is 10.3. The van der Waals surface area contributed by atoms with Crippen LogP contribution in [-0.2, 0) is 14.3 Å². The lowest BCUT2D eigenvalue weighted by Gasteiger charge is -2.29. The molecule has 0 aliphatic carbocycles. The van der Waals surface area contributed by atoms with Gasteiger partial charge in [0, 0.05) is 0 Å². The van der Waals surface area contributed by atoms with Gasteiger partial charge >= 0.3 is 5.97 Å². The van der Waals surface area contributed by atoms with E-state index in [-0.39, 0.29) is 6.61 Å². The zero-order valence-electron chi connectivity index (χ0n) is 10.4. The molecule has 0 radical (unpaired) electrons. The summed E-state index contributed by atoms with van der Waals surface area (Å²) in [7, 11) is -1.67. The Bertz CT molecular complexity index is 380. The van der Waals surface area contributed by atoms with Gasteiger partial charge in [-0.05, 0) is 11.3 Å². The molecule has 0 unspecified atom stereocenters. The van der Waals surface area contributed by atoms with Gasteiger partial charge in [-0.3, -0.25) is 0 Å². The number of esters is 1. The van der Waals surface area contributed by atoms with Crippen molar-refractivity contribution in [1.29, 1.82) is 0 Å². The molecular weight excluding hydrogens is 315 g/mol. The number of carbonyl (C=O) groups is 1. The predicted octanol–water partition coefficient (Wildman–Crippen LogP) is 3.62. The minimum atomic E-state index is -1.67. The summed E-state index contributed by atoms with van der Waals surface area (Å²) in [5.74, 6) is -0.528. The van der Waals surface area contributed by atoms with Crippen molar-refractivity contribution in [3.8, 4) is 0 Å². The van der Waals surface area contributed by atoms with Crippen LogP contribution in [0.5, 0.6) is 0 Å². The second kappa shape index (κ2) is 5.86. The summed E-state index contributed by atoms with van der Waals surface area (Å²) in [4.78, 5) is 11.9. The van der Waals surface area contributed by atoms with Crippen molar-refractivity contribution >= 4 is 48.8 Å². The minimum absolute atomic E-state index is 0.293. The number of rotatable bonds is 3. The molecule has 1 aliphatic rings. The zero-order chi connectivity index (χ0) is 14.0. The van der Waals surface area contributed by atoms with E-state index in [1.165, 1.54) is 6.26 Å². The second-order valence-corrected chi connectivity index (χ2v) is 12.5. The SMILES string of the molecule is C[Si](C)(C)C1=CC=CO[C@@H]1C(=O)OCC(Cl)(Cl)Cl. The summed E-state index contributed by atoms with van der Waals surface area (Å²) < 4.78 is 8.68. The Morgan fingerprint density at radius 3 is 2.56 bits per heavy atom. The van der Waals surface area contributed by atoms with Gasteiger partial charge in [0.2, 0.25) is 9.90 Å². The van der Waals surface area contributed by atoms with Crippen LogP contribution < -0.4 is 0 Å². The van der Waals surface area contributed by atoms with E-state index in [1.54, 1.807) is 6.08 Å². The summed E-state index contributed by atoms with van der Waals surface area (Å²) >= 11 is 16.6. The van der Waals surface area contributed by atoms with Crippen molar-refractivity contribution in [2.24, 2.45) is 0 Å². The monoisotopic (exact) mass is 328 g/mol. The number of ether oxygens (including phenoxy) is 2. The molecule has 0 spiro atoms. The maximum Gasteiger partial charge on any atom is 0.351 e. The Balaban J connectivity index is 2.74. The van der Waals surface area contributed by atoms with Gasteiger partial charge in [0.05, 0.1) is 14.3 Å². The number of alkyl halides is 3. The van der Waals surface area contributed by atoms with Gasteiger partial charge < -0.3 is 9.47 Å². The highest BCUT2D eigenvalue weighted by atomic mass is 35.6. The second-order valence-electron chi connectivity index (χ2n) is 4.94. The fourth-order valence-corrected chi connectivity index (χ4v) is 3.21. The lowest BCUT2D eigenvalue weighted by Crippen LogP contribution is -2.40. The molecular formula is C11H15Cl3O3Si. The highest BCUT2D eigenvalue weighted by Crippen LogP contribution is 2.28. The molecule has 0 saturated carbocycles. The molecule has 18 heavy (non-hydrogen) atoms. The highest BCUT2D eigenvalue weighted by molar-refractivity contribution is 6.83. The Hall–Kier alpha value is -0.163. The normalized spacial score (nSPS) is 20.1. The van der Waals surface area contributed by atoms with Crippen LogP contribution in [0.4, 0.5) is 0 Å². The van der Waals surface area contributed by atoms with Crippen LogP contribution in [0.1, 0.15) is 0 Å². The Morgan fingerprint density at radius 1 is 1.44 bits per heavy atom. The quantitative estimate of drug-likeness (QED) is 0.451. The van der Waals surface area contributed by atoms with Gasteiger partial charge in [-0.1, -0.05) is 60.5 Å². The molecule has 102 valence electrons. The Morgan fingerprint density at radius 2 is 2.06 bits per heavy atom. The molecule has 1 heterocycles. The average molecular weight is 330 g/mol. The molecule has 0 amide bonds. The van der Waals surface area contributed by atoms with E-state index < -0.39 is 23.9 Å². The third-order valence-electron chi connectivity index (χ3n) is 2.31. The molecule has 1 rings (SSSR count). The molecule has 0 bridgehead atoms. The molecule has 0 aromatic carbocycles. The fraction of sp³-hybridized carbons (Fsp3) is 0.545. The van der Waals surface area contributed by atoms with Crippen LogP contribution in [0.2, 0.25) is 19.6 Å². The van der Waals surface area contributed by atoms with Crippen molar-refractivity contribution in [2.45, 2.75) is 29.5 Å². The first kappa shape index (κ1) is 15.9. The largest absolute Gasteiger partial charge is 0.482 e. The molecule has 0 saturated heterocycles. The van der Waals surface area contributed by atoms with E-state index in [0.717, 1.165) is 5.20 Å². The maximum absolute atomic E-state index is 11.9. The summed E-state index contributed by atoms with van der Waals surface area (Å²) in [6.45, 7) is 6.07. The summed E-state index contributed by atoms with van der Waals surface area (Å²) in [6.07, 6.45) is 4.41.